The molecule has 0 radical (unpaired) electrons. The van der Waals surface area contributed by atoms with Gasteiger partial charge in [0.15, 0.2) is 0 Å². The lowest BCUT2D eigenvalue weighted by Crippen LogP contribution is -2.14. The minimum atomic E-state index is -0.0920. The third kappa shape index (κ3) is 4.62. The Kier molecular flexibility index (Phi) is 4.96. The summed E-state index contributed by atoms with van der Waals surface area (Å²) in [7, 11) is 0. The van der Waals surface area contributed by atoms with E-state index in [4.69, 9.17) is 5.26 Å². The molecule has 1 amide bonds. The lowest BCUT2D eigenvalue weighted by atomic mass is 10.2. The van der Waals surface area contributed by atoms with Gasteiger partial charge in [-0.15, -0.1) is 0 Å². The van der Waals surface area contributed by atoms with E-state index in [0.717, 1.165) is 16.3 Å². The van der Waals surface area contributed by atoms with Crippen molar-refractivity contribution in [1.29, 1.82) is 5.26 Å². The summed E-state index contributed by atoms with van der Waals surface area (Å²) in [6.45, 7) is 3.95. The van der Waals surface area contributed by atoms with Crippen LogP contribution in [0.3, 0.4) is 0 Å². The molecule has 1 aromatic carbocycles. The summed E-state index contributed by atoms with van der Waals surface area (Å²) in [5.41, 5.74) is 3.34. The standard InChI is InChI=1S/C16H15N3OS/c1-11-7-12(2)18-16(8-11)21-10-15(20)19-14-5-3-13(9-17)4-6-14/h3-8H,10H2,1-2H3,(H,19,20). The van der Waals surface area contributed by atoms with Crippen LogP contribution < -0.4 is 5.32 Å². The highest BCUT2D eigenvalue weighted by Crippen LogP contribution is 2.18. The van der Waals surface area contributed by atoms with Crippen LogP contribution in [0.15, 0.2) is 41.4 Å². The fourth-order valence-corrected chi connectivity index (χ4v) is 2.67. The van der Waals surface area contributed by atoms with Crippen molar-refractivity contribution in [1.82, 2.24) is 4.98 Å². The third-order valence-corrected chi connectivity index (χ3v) is 3.63. The van der Waals surface area contributed by atoms with Crippen LogP contribution in [0, 0.1) is 25.2 Å². The van der Waals surface area contributed by atoms with Crippen molar-refractivity contribution in [2.24, 2.45) is 0 Å². The van der Waals surface area contributed by atoms with Crippen LogP contribution >= 0.6 is 11.8 Å². The summed E-state index contributed by atoms with van der Waals surface area (Å²) in [5.74, 6) is 0.210. The molecule has 0 saturated carbocycles. The summed E-state index contributed by atoms with van der Waals surface area (Å²) in [6.07, 6.45) is 0. The number of aromatic nitrogens is 1. The Morgan fingerprint density at radius 1 is 1.29 bits per heavy atom. The largest absolute Gasteiger partial charge is 0.325 e. The SMILES string of the molecule is Cc1cc(C)nc(SCC(=O)Nc2ccc(C#N)cc2)c1. The predicted molar refractivity (Wildman–Crippen MR) is 84.2 cm³/mol. The second-order valence-corrected chi connectivity index (χ2v) is 5.65. The number of hydrogen-bond donors (Lipinski definition) is 1. The van der Waals surface area contributed by atoms with E-state index in [1.807, 2.05) is 32.0 Å². The van der Waals surface area contributed by atoms with Gasteiger partial charge in [-0.1, -0.05) is 11.8 Å². The number of pyridine rings is 1. The molecule has 2 aromatic rings. The van der Waals surface area contributed by atoms with Gasteiger partial charge in [-0.25, -0.2) is 4.98 Å². The number of anilines is 1. The molecule has 0 saturated heterocycles. The van der Waals surface area contributed by atoms with E-state index in [9.17, 15) is 4.79 Å². The molecule has 2 rings (SSSR count). The van der Waals surface area contributed by atoms with Crippen LogP contribution in [0.25, 0.3) is 0 Å². The number of rotatable bonds is 4. The molecule has 1 heterocycles. The van der Waals surface area contributed by atoms with Crippen LogP contribution in [0.4, 0.5) is 5.69 Å². The molecule has 0 atom stereocenters. The Morgan fingerprint density at radius 3 is 2.62 bits per heavy atom. The average molecular weight is 297 g/mol. The zero-order valence-corrected chi connectivity index (χ0v) is 12.7. The summed E-state index contributed by atoms with van der Waals surface area (Å²) >= 11 is 1.41. The van der Waals surface area contributed by atoms with Gasteiger partial charge in [0.1, 0.15) is 0 Å². The second kappa shape index (κ2) is 6.91. The zero-order valence-electron chi connectivity index (χ0n) is 11.9. The molecule has 0 spiro atoms. The lowest BCUT2D eigenvalue weighted by Gasteiger charge is -2.06. The molecule has 0 fully saturated rings. The molecule has 5 heteroatoms. The Hall–Kier alpha value is -2.32. The molecule has 0 aliphatic carbocycles. The van der Waals surface area contributed by atoms with Crippen LogP contribution in [0.5, 0.6) is 0 Å². The number of benzene rings is 1. The molecule has 106 valence electrons. The van der Waals surface area contributed by atoms with E-state index in [2.05, 4.69) is 10.3 Å². The molecule has 0 unspecified atom stereocenters. The maximum atomic E-state index is 11.9. The molecule has 1 aromatic heterocycles. The van der Waals surface area contributed by atoms with Gasteiger partial charge in [0, 0.05) is 11.4 Å². The first-order valence-electron chi connectivity index (χ1n) is 6.45. The number of thioether (sulfide) groups is 1. The van der Waals surface area contributed by atoms with Crippen molar-refractivity contribution in [3.8, 4) is 6.07 Å². The van der Waals surface area contributed by atoms with E-state index in [0.29, 0.717) is 17.0 Å². The quantitative estimate of drug-likeness (QED) is 0.879. The maximum absolute atomic E-state index is 11.9. The Morgan fingerprint density at radius 2 is 2.00 bits per heavy atom. The van der Waals surface area contributed by atoms with Gasteiger partial charge in [0.2, 0.25) is 5.91 Å². The van der Waals surface area contributed by atoms with Gasteiger partial charge in [-0.3, -0.25) is 4.79 Å². The molecular formula is C16H15N3OS. The molecule has 0 aliphatic rings. The highest BCUT2D eigenvalue weighted by atomic mass is 32.2. The molecular weight excluding hydrogens is 282 g/mol. The highest BCUT2D eigenvalue weighted by molar-refractivity contribution is 7.99. The van der Waals surface area contributed by atoms with Gasteiger partial charge in [-0.05, 0) is 55.8 Å². The van der Waals surface area contributed by atoms with Crippen molar-refractivity contribution < 1.29 is 4.79 Å². The number of carbonyl (C=O) groups excluding carboxylic acids is 1. The number of hydrogen-bond acceptors (Lipinski definition) is 4. The van der Waals surface area contributed by atoms with Crippen molar-refractivity contribution in [3.05, 3.63) is 53.2 Å². The van der Waals surface area contributed by atoms with Gasteiger partial charge in [0.05, 0.1) is 22.4 Å². The first kappa shape index (κ1) is 15.1. The maximum Gasteiger partial charge on any atom is 0.234 e. The topological polar surface area (TPSA) is 65.8 Å². The summed E-state index contributed by atoms with van der Waals surface area (Å²) in [5, 5.41) is 12.4. The van der Waals surface area contributed by atoms with Crippen molar-refractivity contribution >= 4 is 23.4 Å². The number of nitrogens with zero attached hydrogens (tertiary/aromatic N) is 2. The van der Waals surface area contributed by atoms with E-state index in [1.54, 1.807) is 24.3 Å². The van der Waals surface area contributed by atoms with Crippen LogP contribution in [-0.4, -0.2) is 16.6 Å². The lowest BCUT2D eigenvalue weighted by molar-refractivity contribution is -0.113. The summed E-state index contributed by atoms with van der Waals surface area (Å²) < 4.78 is 0. The Bertz CT molecular complexity index is 669. The third-order valence-electron chi connectivity index (χ3n) is 2.72. The molecule has 21 heavy (non-hydrogen) atoms. The minimum Gasteiger partial charge on any atom is -0.325 e. The van der Waals surface area contributed by atoms with Crippen molar-refractivity contribution in [3.63, 3.8) is 0 Å². The van der Waals surface area contributed by atoms with Crippen molar-refractivity contribution in [2.45, 2.75) is 18.9 Å². The number of aryl methyl sites for hydroxylation is 2. The minimum absolute atomic E-state index is 0.0920. The number of amides is 1. The van der Waals surface area contributed by atoms with E-state index in [-0.39, 0.29) is 5.91 Å². The Labute approximate surface area is 128 Å². The predicted octanol–water partition coefficient (Wildman–Crippen LogP) is 3.30. The summed E-state index contributed by atoms with van der Waals surface area (Å²) in [4.78, 5) is 16.3. The van der Waals surface area contributed by atoms with Crippen LogP contribution in [0.2, 0.25) is 0 Å². The molecule has 4 nitrogen and oxygen atoms in total. The fourth-order valence-electron chi connectivity index (χ4n) is 1.84. The molecule has 0 bridgehead atoms. The first-order chi connectivity index (χ1) is 10.1. The second-order valence-electron chi connectivity index (χ2n) is 4.65. The van der Waals surface area contributed by atoms with Crippen LogP contribution in [-0.2, 0) is 4.79 Å². The monoisotopic (exact) mass is 297 g/mol. The van der Waals surface area contributed by atoms with Gasteiger partial charge in [-0.2, -0.15) is 5.26 Å². The smallest absolute Gasteiger partial charge is 0.234 e. The van der Waals surface area contributed by atoms with Gasteiger partial charge >= 0.3 is 0 Å². The summed E-state index contributed by atoms with van der Waals surface area (Å²) in [6, 6.07) is 12.8. The van der Waals surface area contributed by atoms with Gasteiger partial charge < -0.3 is 5.32 Å². The normalized spacial score (nSPS) is 9.95. The van der Waals surface area contributed by atoms with Gasteiger partial charge in [0.25, 0.3) is 0 Å². The highest BCUT2D eigenvalue weighted by Gasteiger charge is 2.05. The Balaban J connectivity index is 1.91. The number of nitriles is 1. The average Bonchev–Trinajstić information content (AvgIpc) is 2.45. The van der Waals surface area contributed by atoms with E-state index < -0.39 is 0 Å². The van der Waals surface area contributed by atoms with E-state index >= 15 is 0 Å². The number of nitrogens with one attached hydrogen (secondary N) is 1. The first-order valence-corrected chi connectivity index (χ1v) is 7.43. The molecule has 0 aliphatic heterocycles. The van der Waals surface area contributed by atoms with Crippen molar-refractivity contribution in [2.75, 3.05) is 11.1 Å². The van der Waals surface area contributed by atoms with Crippen LogP contribution in [0.1, 0.15) is 16.8 Å². The van der Waals surface area contributed by atoms with E-state index in [1.165, 1.54) is 11.8 Å². The fraction of sp³-hybridized carbons (Fsp3) is 0.188. The molecule has 1 N–H and O–H groups in total. The number of carbonyl (C=O) groups is 1. The zero-order chi connectivity index (χ0) is 15.2.